The molecule has 0 bridgehead atoms. The van der Waals surface area contributed by atoms with E-state index in [1.165, 1.54) is 0 Å². The Morgan fingerprint density at radius 2 is 2.12 bits per heavy atom. The number of aryl methyl sites for hydroxylation is 1. The van der Waals surface area contributed by atoms with Crippen LogP contribution in [0.4, 0.5) is 0 Å². The number of aromatic nitrogens is 2. The SMILES string of the molecule is Cc1noc([C@@H](C)NC(=O)CCSc2ccc3c(c2)OCCO3)n1. The molecule has 2 heterocycles. The summed E-state index contributed by atoms with van der Waals surface area (Å²) in [5, 5.41) is 6.57. The van der Waals surface area contributed by atoms with Crippen LogP contribution in [0.25, 0.3) is 0 Å². The molecule has 0 saturated carbocycles. The van der Waals surface area contributed by atoms with Crippen LogP contribution in [0.1, 0.15) is 31.1 Å². The molecule has 0 fully saturated rings. The highest BCUT2D eigenvalue weighted by atomic mass is 32.2. The van der Waals surface area contributed by atoms with Gasteiger partial charge in [-0.3, -0.25) is 4.79 Å². The average Bonchev–Trinajstić information content (AvgIpc) is 3.01. The molecular weight excluding hydrogens is 330 g/mol. The number of nitrogens with one attached hydrogen (secondary N) is 1. The highest BCUT2D eigenvalue weighted by Crippen LogP contribution is 2.34. The normalized spacial score (nSPS) is 14.2. The number of amides is 1. The maximum absolute atomic E-state index is 12.0. The number of rotatable bonds is 6. The van der Waals surface area contributed by atoms with Crippen LogP contribution in [-0.2, 0) is 4.79 Å². The predicted molar refractivity (Wildman–Crippen MR) is 88.4 cm³/mol. The van der Waals surface area contributed by atoms with Gasteiger partial charge in [-0.25, -0.2) is 0 Å². The lowest BCUT2D eigenvalue weighted by molar-refractivity contribution is -0.121. The van der Waals surface area contributed by atoms with Gasteiger partial charge in [0.1, 0.15) is 19.3 Å². The Morgan fingerprint density at radius 3 is 2.88 bits per heavy atom. The molecule has 1 aromatic carbocycles. The Labute approximate surface area is 144 Å². The zero-order valence-electron chi connectivity index (χ0n) is 13.6. The number of thioether (sulfide) groups is 1. The Morgan fingerprint density at radius 1 is 1.33 bits per heavy atom. The van der Waals surface area contributed by atoms with Gasteiger partial charge in [-0.2, -0.15) is 4.98 Å². The van der Waals surface area contributed by atoms with Crippen molar-refractivity contribution in [2.45, 2.75) is 31.2 Å². The minimum Gasteiger partial charge on any atom is -0.486 e. The molecule has 1 atom stereocenters. The van der Waals surface area contributed by atoms with Gasteiger partial charge in [-0.05, 0) is 32.0 Å². The lowest BCUT2D eigenvalue weighted by atomic mass is 10.3. The van der Waals surface area contributed by atoms with Crippen molar-refractivity contribution in [1.29, 1.82) is 0 Å². The topological polar surface area (TPSA) is 86.5 Å². The summed E-state index contributed by atoms with van der Waals surface area (Å²) in [4.78, 5) is 17.2. The van der Waals surface area contributed by atoms with Gasteiger partial charge in [0.25, 0.3) is 0 Å². The van der Waals surface area contributed by atoms with E-state index in [4.69, 9.17) is 14.0 Å². The zero-order valence-corrected chi connectivity index (χ0v) is 14.4. The van der Waals surface area contributed by atoms with E-state index in [9.17, 15) is 4.79 Å². The molecule has 0 aliphatic carbocycles. The summed E-state index contributed by atoms with van der Waals surface area (Å²) in [5.74, 6) is 3.12. The third-order valence-corrected chi connectivity index (χ3v) is 4.40. The smallest absolute Gasteiger partial charge is 0.248 e. The van der Waals surface area contributed by atoms with Crippen LogP contribution in [0.2, 0.25) is 0 Å². The van der Waals surface area contributed by atoms with Crippen molar-refractivity contribution in [2.24, 2.45) is 0 Å². The molecule has 0 unspecified atom stereocenters. The molecule has 7 nitrogen and oxygen atoms in total. The van der Waals surface area contributed by atoms with E-state index in [1.54, 1.807) is 18.7 Å². The lowest BCUT2D eigenvalue weighted by Crippen LogP contribution is -2.27. The highest BCUT2D eigenvalue weighted by molar-refractivity contribution is 7.99. The van der Waals surface area contributed by atoms with E-state index in [0.29, 0.717) is 37.1 Å². The molecule has 3 rings (SSSR count). The second-order valence-electron chi connectivity index (χ2n) is 5.37. The number of benzene rings is 1. The van der Waals surface area contributed by atoms with Crippen LogP contribution >= 0.6 is 11.8 Å². The van der Waals surface area contributed by atoms with Gasteiger partial charge in [-0.1, -0.05) is 5.16 Å². The molecule has 1 aliphatic heterocycles. The van der Waals surface area contributed by atoms with Gasteiger partial charge in [0.2, 0.25) is 11.8 Å². The molecule has 2 aromatic rings. The summed E-state index contributed by atoms with van der Waals surface area (Å²) in [6.45, 7) is 4.71. The summed E-state index contributed by atoms with van der Waals surface area (Å²) >= 11 is 1.60. The van der Waals surface area contributed by atoms with E-state index in [0.717, 1.165) is 16.4 Å². The van der Waals surface area contributed by atoms with Crippen molar-refractivity contribution in [3.63, 3.8) is 0 Å². The third-order valence-electron chi connectivity index (χ3n) is 3.40. The molecule has 128 valence electrons. The third kappa shape index (κ3) is 4.19. The molecule has 1 aliphatic rings. The Bertz CT molecular complexity index is 719. The van der Waals surface area contributed by atoms with Crippen molar-refractivity contribution < 1.29 is 18.8 Å². The molecule has 8 heteroatoms. The number of carbonyl (C=O) groups excluding carboxylic acids is 1. The first-order valence-corrected chi connectivity index (χ1v) is 8.72. The fraction of sp³-hybridized carbons (Fsp3) is 0.438. The fourth-order valence-corrected chi connectivity index (χ4v) is 3.12. The molecule has 0 spiro atoms. The summed E-state index contributed by atoms with van der Waals surface area (Å²) < 4.78 is 16.1. The first-order valence-electron chi connectivity index (χ1n) is 7.74. The van der Waals surface area contributed by atoms with Crippen LogP contribution in [0.3, 0.4) is 0 Å². The van der Waals surface area contributed by atoms with Crippen molar-refractivity contribution in [3.05, 3.63) is 29.9 Å². The Hall–Kier alpha value is -2.22. The number of hydrogen-bond donors (Lipinski definition) is 1. The number of fused-ring (bicyclic) bond motifs is 1. The minimum atomic E-state index is -0.294. The average molecular weight is 349 g/mol. The van der Waals surface area contributed by atoms with Crippen LogP contribution < -0.4 is 14.8 Å². The van der Waals surface area contributed by atoms with Crippen molar-refractivity contribution >= 4 is 17.7 Å². The summed E-state index contributed by atoms with van der Waals surface area (Å²) in [6.07, 6.45) is 0.399. The second kappa shape index (κ2) is 7.57. The number of ether oxygens (including phenoxy) is 2. The molecule has 0 saturated heterocycles. The Balaban J connectivity index is 1.45. The Kier molecular flexibility index (Phi) is 5.24. The van der Waals surface area contributed by atoms with Crippen molar-refractivity contribution in [1.82, 2.24) is 15.5 Å². The monoisotopic (exact) mass is 349 g/mol. The number of nitrogens with zero attached hydrogens (tertiary/aromatic N) is 2. The first-order chi connectivity index (χ1) is 11.6. The number of hydrogen-bond acceptors (Lipinski definition) is 7. The van der Waals surface area contributed by atoms with Gasteiger partial charge in [0.15, 0.2) is 17.3 Å². The lowest BCUT2D eigenvalue weighted by Gasteiger charge is -2.18. The van der Waals surface area contributed by atoms with Crippen LogP contribution in [-0.4, -0.2) is 35.0 Å². The standard InChI is InChI=1S/C16H19N3O4S/c1-10(16-18-11(2)19-23-16)17-15(20)5-8-24-12-3-4-13-14(9-12)22-7-6-21-13/h3-4,9-10H,5-8H2,1-2H3,(H,17,20)/t10-/m1/s1. The van der Waals surface area contributed by atoms with Crippen LogP contribution in [0.5, 0.6) is 11.5 Å². The van der Waals surface area contributed by atoms with Gasteiger partial charge >= 0.3 is 0 Å². The molecule has 1 N–H and O–H groups in total. The molecule has 24 heavy (non-hydrogen) atoms. The molecule has 1 aromatic heterocycles. The van der Waals surface area contributed by atoms with E-state index in [1.807, 2.05) is 25.1 Å². The maximum Gasteiger partial charge on any atom is 0.248 e. The fourth-order valence-electron chi connectivity index (χ4n) is 2.24. The summed E-state index contributed by atoms with van der Waals surface area (Å²) in [6, 6.07) is 5.52. The van der Waals surface area contributed by atoms with E-state index < -0.39 is 0 Å². The largest absolute Gasteiger partial charge is 0.486 e. The summed E-state index contributed by atoms with van der Waals surface area (Å²) in [7, 11) is 0. The highest BCUT2D eigenvalue weighted by Gasteiger charge is 2.16. The van der Waals surface area contributed by atoms with Gasteiger partial charge in [-0.15, -0.1) is 11.8 Å². The van der Waals surface area contributed by atoms with E-state index in [-0.39, 0.29) is 11.9 Å². The zero-order chi connectivity index (χ0) is 16.9. The van der Waals surface area contributed by atoms with Gasteiger partial charge < -0.3 is 19.3 Å². The number of carbonyl (C=O) groups is 1. The maximum atomic E-state index is 12.0. The van der Waals surface area contributed by atoms with Crippen LogP contribution in [0, 0.1) is 6.92 Å². The molecule has 0 radical (unpaired) electrons. The minimum absolute atomic E-state index is 0.0524. The molecular formula is C16H19N3O4S. The van der Waals surface area contributed by atoms with Crippen LogP contribution in [0.15, 0.2) is 27.6 Å². The van der Waals surface area contributed by atoms with Crippen molar-refractivity contribution in [2.75, 3.05) is 19.0 Å². The quantitative estimate of drug-likeness (QED) is 0.802. The predicted octanol–water partition coefficient (Wildman–Crippen LogP) is 2.51. The van der Waals surface area contributed by atoms with Crippen molar-refractivity contribution in [3.8, 4) is 11.5 Å². The molecule has 1 amide bonds. The van der Waals surface area contributed by atoms with E-state index in [2.05, 4.69) is 15.5 Å². The van der Waals surface area contributed by atoms with Gasteiger partial charge in [0, 0.05) is 17.1 Å². The summed E-state index contributed by atoms with van der Waals surface area (Å²) in [5.41, 5.74) is 0. The van der Waals surface area contributed by atoms with Gasteiger partial charge in [0.05, 0.1) is 0 Å². The van der Waals surface area contributed by atoms with E-state index >= 15 is 0 Å². The first kappa shape index (κ1) is 16.6. The second-order valence-corrected chi connectivity index (χ2v) is 6.54.